The van der Waals surface area contributed by atoms with Crippen LogP contribution in [0.15, 0.2) is 42.5 Å². The van der Waals surface area contributed by atoms with Gasteiger partial charge in [-0.25, -0.2) is 9.37 Å². The average molecular weight is 281 g/mol. The van der Waals surface area contributed by atoms with Crippen LogP contribution in [0.25, 0.3) is 22.2 Å². The molecule has 0 aliphatic rings. The zero-order chi connectivity index (χ0) is 15.0. The molecule has 0 bridgehead atoms. The summed E-state index contributed by atoms with van der Waals surface area (Å²) in [4.78, 5) is 4.69. The normalized spacial score (nSPS) is 10.9. The van der Waals surface area contributed by atoms with Gasteiger partial charge in [-0.1, -0.05) is 24.3 Å². The van der Waals surface area contributed by atoms with E-state index in [0.29, 0.717) is 17.0 Å². The summed E-state index contributed by atoms with van der Waals surface area (Å²) >= 11 is 0. The van der Waals surface area contributed by atoms with E-state index >= 15 is 0 Å². The van der Waals surface area contributed by atoms with Crippen LogP contribution in [0.5, 0.6) is 5.75 Å². The van der Waals surface area contributed by atoms with Crippen molar-refractivity contribution < 1.29 is 9.13 Å². The molecule has 1 heterocycles. The number of rotatable bonds is 2. The summed E-state index contributed by atoms with van der Waals surface area (Å²) in [6.07, 6.45) is 0. The Labute approximate surface area is 123 Å². The maximum Gasteiger partial charge on any atom is 0.136 e. The lowest BCUT2D eigenvalue weighted by Gasteiger charge is -2.13. The number of aromatic nitrogens is 1. The molecule has 0 amide bonds. The first kappa shape index (κ1) is 13.6. The Morgan fingerprint density at radius 3 is 2.52 bits per heavy atom. The van der Waals surface area contributed by atoms with E-state index in [1.807, 2.05) is 38.1 Å². The van der Waals surface area contributed by atoms with Crippen molar-refractivity contribution in [3.8, 4) is 17.0 Å². The second kappa shape index (κ2) is 5.17. The Morgan fingerprint density at radius 2 is 1.76 bits per heavy atom. The Bertz CT molecular complexity index is 827. The van der Waals surface area contributed by atoms with E-state index in [2.05, 4.69) is 0 Å². The van der Waals surface area contributed by atoms with Crippen molar-refractivity contribution >= 4 is 10.9 Å². The second-order valence-electron chi connectivity index (χ2n) is 5.12. The van der Waals surface area contributed by atoms with Crippen molar-refractivity contribution in [1.82, 2.24) is 4.98 Å². The monoisotopic (exact) mass is 281 g/mol. The number of benzene rings is 2. The Morgan fingerprint density at radius 1 is 1.00 bits per heavy atom. The van der Waals surface area contributed by atoms with Crippen LogP contribution in [0, 0.1) is 19.7 Å². The van der Waals surface area contributed by atoms with Crippen LogP contribution in [0.4, 0.5) is 4.39 Å². The molecular formula is C18H16FNO. The fraction of sp³-hybridized carbons (Fsp3) is 0.167. The molecule has 3 rings (SSSR count). The SMILES string of the molecule is COc1cccc(F)c1-c1nc2c(C)cccc2cc1C. The highest BCUT2D eigenvalue weighted by atomic mass is 19.1. The van der Waals surface area contributed by atoms with Crippen LogP contribution in [0.2, 0.25) is 0 Å². The Kier molecular flexibility index (Phi) is 3.34. The summed E-state index contributed by atoms with van der Waals surface area (Å²) in [5.74, 6) is 0.177. The molecule has 0 aliphatic carbocycles. The van der Waals surface area contributed by atoms with Crippen molar-refractivity contribution in [3.63, 3.8) is 0 Å². The molecule has 21 heavy (non-hydrogen) atoms. The Hall–Kier alpha value is -2.42. The summed E-state index contributed by atoms with van der Waals surface area (Å²) in [6.45, 7) is 3.95. The van der Waals surface area contributed by atoms with Crippen LogP contribution >= 0.6 is 0 Å². The fourth-order valence-corrected chi connectivity index (χ4v) is 2.61. The number of hydrogen-bond acceptors (Lipinski definition) is 2. The predicted molar refractivity (Wildman–Crippen MR) is 83.2 cm³/mol. The van der Waals surface area contributed by atoms with Crippen molar-refractivity contribution in [2.75, 3.05) is 7.11 Å². The number of fused-ring (bicyclic) bond motifs is 1. The third kappa shape index (κ3) is 2.25. The number of ether oxygens (including phenoxy) is 1. The number of nitrogens with zero attached hydrogens (tertiary/aromatic N) is 1. The first-order chi connectivity index (χ1) is 10.1. The van der Waals surface area contributed by atoms with Crippen LogP contribution in [-0.2, 0) is 0 Å². The average Bonchev–Trinajstić information content (AvgIpc) is 2.47. The smallest absolute Gasteiger partial charge is 0.136 e. The van der Waals surface area contributed by atoms with Gasteiger partial charge in [0.2, 0.25) is 0 Å². The lowest BCUT2D eigenvalue weighted by Crippen LogP contribution is -1.97. The topological polar surface area (TPSA) is 22.1 Å². The highest BCUT2D eigenvalue weighted by molar-refractivity contribution is 5.86. The maximum atomic E-state index is 14.3. The standard InChI is InChI=1S/C18H16FNO/c1-11-6-4-7-13-10-12(2)18(20-17(11)13)16-14(19)8-5-9-15(16)21-3/h4-10H,1-3H3. The van der Waals surface area contributed by atoms with E-state index in [1.54, 1.807) is 19.2 Å². The van der Waals surface area contributed by atoms with Crippen molar-refractivity contribution in [3.05, 3.63) is 59.4 Å². The zero-order valence-corrected chi connectivity index (χ0v) is 12.3. The van der Waals surface area contributed by atoms with E-state index < -0.39 is 0 Å². The van der Waals surface area contributed by atoms with Gasteiger partial charge in [0.1, 0.15) is 11.6 Å². The maximum absolute atomic E-state index is 14.3. The summed E-state index contributed by atoms with van der Waals surface area (Å²) in [6, 6.07) is 12.9. The minimum absolute atomic E-state index is 0.321. The van der Waals surface area contributed by atoms with Gasteiger partial charge < -0.3 is 4.74 Å². The summed E-state index contributed by atoms with van der Waals surface area (Å²) < 4.78 is 19.6. The molecule has 0 N–H and O–H groups in total. The van der Waals surface area contributed by atoms with Crippen molar-refractivity contribution in [2.24, 2.45) is 0 Å². The number of halogens is 1. The van der Waals surface area contributed by atoms with Gasteiger partial charge in [-0.15, -0.1) is 0 Å². The van der Waals surface area contributed by atoms with Gasteiger partial charge in [-0.3, -0.25) is 0 Å². The minimum atomic E-state index is -0.321. The molecule has 3 heteroatoms. The van der Waals surface area contributed by atoms with Crippen LogP contribution in [-0.4, -0.2) is 12.1 Å². The number of pyridine rings is 1. The fourth-order valence-electron chi connectivity index (χ4n) is 2.61. The van der Waals surface area contributed by atoms with Gasteiger partial charge in [-0.2, -0.15) is 0 Å². The molecule has 0 atom stereocenters. The van der Waals surface area contributed by atoms with E-state index in [1.165, 1.54) is 6.07 Å². The van der Waals surface area contributed by atoms with Gasteiger partial charge >= 0.3 is 0 Å². The van der Waals surface area contributed by atoms with E-state index in [4.69, 9.17) is 9.72 Å². The van der Waals surface area contributed by atoms with Crippen LogP contribution in [0.1, 0.15) is 11.1 Å². The number of para-hydroxylation sites is 1. The molecule has 0 saturated heterocycles. The summed E-state index contributed by atoms with van der Waals surface area (Å²) in [5, 5.41) is 1.06. The van der Waals surface area contributed by atoms with Gasteiger partial charge in [0.05, 0.1) is 23.9 Å². The van der Waals surface area contributed by atoms with Gasteiger partial charge in [0, 0.05) is 5.39 Å². The molecule has 0 saturated carbocycles. The lowest BCUT2D eigenvalue weighted by atomic mass is 10.0. The molecule has 0 fully saturated rings. The third-order valence-corrected chi connectivity index (χ3v) is 3.67. The number of methoxy groups -OCH3 is 1. The highest BCUT2D eigenvalue weighted by Crippen LogP contribution is 2.34. The molecule has 0 aliphatic heterocycles. The molecule has 0 spiro atoms. The zero-order valence-electron chi connectivity index (χ0n) is 12.3. The molecule has 0 radical (unpaired) electrons. The van der Waals surface area contributed by atoms with Crippen LogP contribution < -0.4 is 4.74 Å². The Balaban J connectivity index is 2.36. The number of aryl methyl sites for hydroxylation is 2. The van der Waals surface area contributed by atoms with E-state index in [0.717, 1.165) is 22.0 Å². The largest absolute Gasteiger partial charge is 0.496 e. The molecular weight excluding hydrogens is 265 g/mol. The second-order valence-corrected chi connectivity index (χ2v) is 5.12. The predicted octanol–water partition coefficient (Wildman–Crippen LogP) is 4.67. The first-order valence-corrected chi connectivity index (χ1v) is 6.81. The molecule has 2 aromatic carbocycles. The van der Waals surface area contributed by atoms with Gasteiger partial charge in [0.25, 0.3) is 0 Å². The minimum Gasteiger partial charge on any atom is -0.496 e. The molecule has 1 aromatic heterocycles. The molecule has 2 nitrogen and oxygen atoms in total. The summed E-state index contributed by atoms with van der Waals surface area (Å²) in [7, 11) is 1.54. The quantitative estimate of drug-likeness (QED) is 0.681. The summed E-state index contributed by atoms with van der Waals surface area (Å²) in [5.41, 5.74) is 3.94. The number of hydrogen-bond donors (Lipinski definition) is 0. The highest BCUT2D eigenvalue weighted by Gasteiger charge is 2.16. The van der Waals surface area contributed by atoms with E-state index in [-0.39, 0.29) is 5.82 Å². The lowest BCUT2D eigenvalue weighted by molar-refractivity contribution is 0.413. The van der Waals surface area contributed by atoms with Gasteiger partial charge in [-0.05, 0) is 43.2 Å². The van der Waals surface area contributed by atoms with Crippen molar-refractivity contribution in [2.45, 2.75) is 13.8 Å². The third-order valence-electron chi connectivity index (χ3n) is 3.67. The van der Waals surface area contributed by atoms with Crippen molar-refractivity contribution in [1.29, 1.82) is 0 Å². The van der Waals surface area contributed by atoms with Gasteiger partial charge in [0.15, 0.2) is 0 Å². The molecule has 106 valence electrons. The molecule has 0 unspecified atom stereocenters. The van der Waals surface area contributed by atoms with Crippen LogP contribution in [0.3, 0.4) is 0 Å². The first-order valence-electron chi connectivity index (χ1n) is 6.81. The van der Waals surface area contributed by atoms with E-state index in [9.17, 15) is 4.39 Å². The molecule has 3 aromatic rings.